The average Bonchev–Trinajstić information content (AvgIpc) is 3.04. The van der Waals surface area contributed by atoms with Crippen LogP contribution in [0.4, 0.5) is 0 Å². The van der Waals surface area contributed by atoms with E-state index in [4.69, 9.17) is 23.4 Å². The van der Waals surface area contributed by atoms with Crippen LogP contribution in [0.2, 0.25) is 0 Å². The largest absolute Gasteiger partial charge is 0.502 e. The van der Waals surface area contributed by atoms with Crippen molar-refractivity contribution in [1.82, 2.24) is 0 Å². The smallest absolute Gasteiger partial charge is 0.203 e. The highest BCUT2D eigenvalue weighted by Gasteiger charge is 2.23. The summed E-state index contributed by atoms with van der Waals surface area (Å²) in [6.07, 6.45) is 0. The Bertz CT molecular complexity index is 1060. The van der Waals surface area contributed by atoms with Gasteiger partial charge < -0.3 is 28.5 Å². The molecular formula is C23H26O6. The summed E-state index contributed by atoms with van der Waals surface area (Å²) >= 11 is 0. The van der Waals surface area contributed by atoms with Gasteiger partial charge in [0.2, 0.25) is 11.5 Å². The number of aromatic hydroxyl groups is 1. The van der Waals surface area contributed by atoms with Gasteiger partial charge in [-0.3, -0.25) is 0 Å². The van der Waals surface area contributed by atoms with Crippen LogP contribution < -0.4 is 18.9 Å². The van der Waals surface area contributed by atoms with Crippen molar-refractivity contribution < 1.29 is 28.5 Å². The fourth-order valence-electron chi connectivity index (χ4n) is 3.63. The number of methoxy groups -OCH3 is 4. The van der Waals surface area contributed by atoms with Gasteiger partial charge in [0.1, 0.15) is 5.76 Å². The zero-order chi connectivity index (χ0) is 21.3. The molecule has 2 aromatic carbocycles. The van der Waals surface area contributed by atoms with Crippen molar-refractivity contribution in [2.45, 2.75) is 20.8 Å². The van der Waals surface area contributed by atoms with Gasteiger partial charge in [0.05, 0.1) is 28.4 Å². The zero-order valence-corrected chi connectivity index (χ0v) is 17.8. The van der Waals surface area contributed by atoms with Crippen molar-refractivity contribution in [3.8, 4) is 28.7 Å². The minimum Gasteiger partial charge on any atom is -0.502 e. The summed E-state index contributed by atoms with van der Waals surface area (Å²) in [4.78, 5) is 0. The molecule has 3 rings (SSSR count). The van der Waals surface area contributed by atoms with Gasteiger partial charge in [-0.1, -0.05) is 5.57 Å². The molecule has 0 amide bonds. The highest BCUT2D eigenvalue weighted by molar-refractivity contribution is 6.01. The third kappa shape index (κ3) is 3.35. The van der Waals surface area contributed by atoms with Crippen molar-refractivity contribution in [3.05, 3.63) is 46.7 Å². The summed E-state index contributed by atoms with van der Waals surface area (Å²) in [5.41, 5.74) is 4.21. The van der Waals surface area contributed by atoms with Crippen LogP contribution in [0.1, 0.15) is 30.7 Å². The number of fused-ring (bicyclic) bond motifs is 1. The molecule has 0 saturated heterocycles. The third-order valence-electron chi connectivity index (χ3n) is 4.89. The number of phenolic OH excluding ortho intramolecular Hbond substituents is 1. The van der Waals surface area contributed by atoms with Crippen LogP contribution in [0, 0.1) is 6.92 Å². The van der Waals surface area contributed by atoms with Crippen molar-refractivity contribution in [2.75, 3.05) is 28.4 Å². The lowest BCUT2D eigenvalue weighted by Crippen LogP contribution is -1.99. The number of ether oxygens (including phenoxy) is 4. The summed E-state index contributed by atoms with van der Waals surface area (Å²) in [5, 5.41) is 11.3. The predicted octanol–water partition coefficient (Wildman–Crippen LogP) is 5.32. The number of furan rings is 1. The molecule has 0 atom stereocenters. The average molecular weight is 398 g/mol. The normalized spacial score (nSPS) is 10.7. The Morgan fingerprint density at radius 2 is 1.45 bits per heavy atom. The minimum absolute atomic E-state index is 0.0163. The van der Waals surface area contributed by atoms with Crippen LogP contribution in [0.5, 0.6) is 28.7 Å². The van der Waals surface area contributed by atoms with Crippen LogP contribution in [-0.4, -0.2) is 33.5 Å². The lowest BCUT2D eigenvalue weighted by molar-refractivity contribution is 0.324. The molecule has 0 aliphatic rings. The summed E-state index contributed by atoms with van der Waals surface area (Å²) in [5.74, 6) is 2.70. The Morgan fingerprint density at radius 3 is 1.93 bits per heavy atom. The lowest BCUT2D eigenvalue weighted by Gasteiger charge is -2.17. The van der Waals surface area contributed by atoms with E-state index in [1.165, 1.54) is 7.11 Å². The van der Waals surface area contributed by atoms with E-state index in [-0.39, 0.29) is 5.75 Å². The quantitative estimate of drug-likeness (QED) is 0.606. The van der Waals surface area contributed by atoms with E-state index in [0.29, 0.717) is 34.3 Å². The summed E-state index contributed by atoms with van der Waals surface area (Å²) in [7, 11) is 6.26. The van der Waals surface area contributed by atoms with Crippen LogP contribution in [-0.2, 0) is 0 Å². The van der Waals surface area contributed by atoms with Crippen molar-refractivity contribution in [3.63, 3.8) is 0 Å². The molecule has 0 aliphatic heterocycles. The Morgan fingerprint density at radius 1 is 0.862 bits per heavy atom. The van der Waals surface area contributed by atoms with E-state index in [1.54, 1.807) is 27.4 Å². The number of benzene rings is 2. The minimum atomic E-state index is -0.0163. The molecular weight excluding hydrogens is 372 g/mol. The second-order valence-corrected chi connectivity index (χ2v) is 6.82. The standard InChI is InChI=1S/C23H26O6/c1-12(2)19(14-10-17(26-5)23(28-7)18(11-14)27-6)20-13(3)29-22-15(20)8-9-16(25-4)21(22)24/h8-11,24H,1-7H3. The maximum absolute atomic E-state index is 10.5. The van der Waals surface area contributed by atoms with E-state index in [2.05, 4.69) is 0 Å². The van der Waals surface area contributed by atoms with Crippen LogP contribution in [0.25, 0.3) is 16.5 Å². The molecule has 3 aromatic rings. The zero-order valence-electron chi connectivity index (χ0n) is 17.8. The number of phenols is 1. The number of rotatable bonds is 6. The highest BCUT2D eigenvalue weighted by Crippen LogP contribution is 2.46. The van der Waals surface area contributed by atoms with E-state index in [0.717, 1.165) is 27.7 Å². The Balaban J connectivity index is 2.33. The van der Waals surface area contributed by atoms with Crippen LogP contribution in [0.3, 0.4) is 0 Å². The second kappa shape index (κ2) is 7.99. The highest BCUT2D eigenvalue weighted by atomic mass is 16.5. The number of allylic oxidation sites excluding steroid dienone is 1. The van der Waals surface area contributed by atoms with Crippen molar-refractivity contribution in [2.24, 2.45) is 0 Å². The third-order valence-corrected chi connectivity index (χ3v) is 4.89. The Kier molecular flexibility index (Phi) is 5.64. The van der Waals surface area contributed by atoms with Gasteiger partial charge in [0.15, 0.2) is 22.8 Å². The molecule has 6 heteroatoms. The Hall–Kier alpha value is -3.28. The molecule has 0 fully saturated rings. The lowest BCUT2D eigenvalue weighted by atomic mass is 9.91. The van der Waals surface area contributed by atoms with Crippen LogP contribution in [0.15, 0.2) is 34.3 Å². The van der Waals surface area contributed by atoms with Gasteiger partial charge in [-0.2, -0.15) is 0 Å². The molecule has 1 N–H and O–H groups in total. The molecule has 0 saturated carbocycles. The maximum atomic E-state index is 10.5. The molecule has 29 heavy (non-hydrogen) atoms. The summed E-state index contributed by atoms with van der Waals surface area (Å²) in [6, 6.07) is 7.44. The van der Waals surface area contributed by atoms with E-state index in [9.17, 15) is 5.11 Å². The maximum Gasteiger partial charge on any atom is 0.203 e. The molecule has 0 spiro atoms. The molecule has 1 aromatic heterocycles. The molecule has 0 aliphatic carbocycles. The predicted molar refractivity (Wildman–Crippen MR) is 113 cm³/mol. The Labute approximate surface area is 170 Å². The molecule has 154 valence electrons. The van der Waals surface area contributed by atoms with E-state index < -0.39 is 0 Å². The molecule has 0 unspecified atom stereocenters. The summed E-state index contributed by atoms with van der Waals surface area (Å²) in [6.45, 7) is 5.93. The van der Waals surface area contributed by atoms with Gasteiger partial charge in [0, 0.05) is 10.9 Å². The van der Waals surface area contributed by atoms with Crippen LogP contribution >= 0.6 is 0 Å². The first kappa shape index (κ1) is 20.5. The SMILES string of the molecule is COc1cc(C(=C(C)C)c2c(C)oc3c(O)c(OC)ccc23)cc(OC)c1OC. The van der Waals surface area contributed by atoms with Crippen molar-refractivity contribution >= 4 is 16.5 Å². The van der Waals surface area contributed by atoms with Gasteiger partial charge in [0.25, 0.3) is 0 Å². The fourth-order valence-corrected chi connectivity index (χ4v) is 3.63. The molecule has 0 radical (unpaired) electrons. The van der Waals surface area contributed by atoms with Gasteiger partial charge in [-0.15, -0.1) is 0 Å². The number of hydrogen-bond acceptors (Lipinski definition) is 6. The first-order chi connectivity index (χ1) is 13.9. The van der Waals surface area contributed by atoms with E-state index >= 15 is 0 Å². The molecule has 0 bridgehead atoms. The second-order valence-electron chi connectivity index (χ2n) is 6.82. The number of hydrogen-bond donors (Lipinski definition) is 1. The topological polar surface area (TPSA) is 70.3 Å². The van der Waals surface area contributed by atoms with Gasteiger partial charge in [-0.05, 0) is 56.2 Å². The molecule has 6 nitrogen and oxygen atoms in total. The van der Waals surface area contributed by atoms with Crippen molar-refractivity contribution in [1.29, 1.82) is 0 Å². The monoisotopic (exact) mass is 398 g/mol. The van der Waals surface area contributed by atoms with E-state index in [1.807, 2.05) is 39.0 Å². The van der Waals surface area contributed by atoms with Gasteiger partial charge in [-0.25, -0.2) is 0 Å². The fraction of sp³-hybridized carbons (Fsp3) is 0.304. The summed E-state index contributed by atoms with van der Waals surface area (Å²) < 4.78 is 27.6. The molecule has 1 heterocycles. The number of aryl methyl sites for hydroxylation is 1. The first-order valence-corrected chi connectivity index (χ1v) is 9.15. The van der Waals surface area contributed by atoms with Gasteiger partial charge >= 0.3 is 0 Å². The first-order valence-electron chi connectivity index (χ1n) is 9.15.